The van der Waals surface area contributed by atoms with Gasteiger partial charge in [-0.1, -0.05) is 0 Å². The van der Waals surface area contributed by atoms with Crippen LogP contribution in [0.25, 0.3) is 29.5 Å². The molecule has 0 aliphatic heterocycles. The number of rotatable bonds is 1. The Morgan fingerprint density at radius 2 is 2.12 bits per heavy atom. The minimum absolute atomic E-state index is 0.679. The normalized spacial score (nSPS) is 11.8. The summed E-state index contributed by atoms with van der Waals surface area (Å²) in [7, 11) is 0. The van der Waals surface area contributed by atoms with E-state index in [4.69, 9.17) is 0 Å². The predicted octanol–water partition coefficient (Wildman–Crippen LogP) is 3.36. The molecule has 4 aromatic rings. The van der Waals surface area contributed by atoms with Crippen LogP contribution >= 0.6 is 34.0 Å². The highest BCUT2D eigenvalue weighted by Gasteiger charge is 2.13. The van der Waals surface area contributed by atoms with Crippen molar-refractivity contribution in [2.24, 2.45) is 0 Å². The van der Waals surface area contributed by atoms with Crippen molar-refractivity contribution in [2.75, 3.05) is 0 Å². The van der Waals surface area contributed by atoms with Crippen LogP contribution in [0.1, 0.15) is 0 Å². The zero-order valence-electron chi connectivity index (χ0n) is 7.80. The SMILES string of the molecule is c1cc2sc3cc(-c4nn[nH]n4)sc3c2s1. The molecule has 0 atom stereocenters. The van der Waals surface area contributed by atoms with Crippen molar-refractivity contribution in [3.05, 3.63) is 17.5 Å². The maximum atomic E-state index is 4.00. The lowest BCUT2D eigenvalue weighted by molar-refractivity contribution is 0.881. The van der Waals surface area contributed by atoms with Crippen LogP contribution in [0.3, 0.4) is 0 Å². The lowest BCUT2D eigenvalue weighted by Gasteiger charge is -1.82. The zero-order chi connectivity index (χ0) is 10.5. The lowest BCUT2D eigenvalue weighted by atomic mass is 10.4. The summed E-state index contributed by atoms with van der Waals surface area (Å²) in [5.41, 5.74) is 0. The van der Waals surface area contributed by atoms with Crippen LogP contribution in [-0.2, 0) is 0 Å². The van der Waals surface area contributed by atoms with E-state index in [1.165, 1.54) is 18.8 Å². The molecule has 4 heterocycles. The molecule has 4 aromatic heterocycles. The summed E-state index contributed by atoms with van der Waals surface area (Å²) < 4.78 is 5.40. The standard InChI is InChI=1S/C9H4N4S3/c1-2-14-7-4(1)15-5-3-6(16-8(5)7)9-10-12-13-11-9/h1-3H,(H,10,11,12,13). The Hall–Kier alpha value is -1.31. The number of nitrogens with zero attached hydrogens (tertiary/aromatic N) is 3. The predicted molar refractivity (Wildman–Crippen MR) is 68.3 cm³/mol. The summed E-state index contributed by atoms with van der Waals surface area (Å²) in [5, 5.41) is 16.2. The molecule has 0 saturated carbocycles. The van der Waals surface area contributed by atoms with Crippen LogP contribution < -0.4 is 0 Å². The fourth-order valence-electron chi connectivity index (χ4n) is 1.65. The van der Waals surface area contributed by atoms with Crippen LogP contribution in [0, 0.1) is 0 Å². The van der Waals surface area contributed by atoms with Gasteiger partial charge in [0, 0.05) is 9.40 Å². The maximum Gasteiger partial charge on any atom is 0.214 e. The van der Waals surface area contributed by atoms with Gasteiger partial charge >= 0.3 is 0 Å². The van der Waals surface area contributed by atoms with Crippen LogP contribution in [0.15, 0.2) is 17.5 Å². The molecule has 0 saturated heterocycles. The van der Waals surface area contributed by atoms with Crippen molar-refractivity contribution in [1.29, 1.82) is 0 Å². The molecule has 0 unspecified atom stereocenters. The third-order valence-corrected chi connectivity index (χ3v) is 5.89. The van der Waals surface area contributed by atoms with E-state index in [0.29, 0.717) is 5.82 Å². The Morgan fingerprint density at radius 1 is 1.12 bits per heavy atom. The highest BCUT2D eigenvalue weighted by Crippen LogP contribution is 2.43. The van der Waals surface area contributed by atoms with Crippen molar-refractivity contribution in [1.82, 2.24) is 20.6 Å². The van der Waals surface area contributed by atoms with Gasteiger partial charge in [-0.25, -0.2) is 0 Å². The molecule has 0 aromatic carbocycles. The summed E-state index contributed by atoms with van der Waals surface area (Å²) in [6.45, 7) is 0. The molecule has 1 N–H and O–H groups in total. The first kappa shape index (κ1) is 8.80. The smallest absolute Gasteiger partial charge is 0.177 e. The summed E-state index contributed by atoms with van der Waals surface area (Å²) in [6.07, 6.45) is 0. The molecule has 4 rings (SSSR count). The quantitative estimate of drug-likeness (QED) is 0.573. The van der Waals surface area contributed by atoms with Crippen molar-refractivity contribution in [3.8, 4) is 10.7 Å². The molecule has 7 heteroatoms. The number of H-pyrrole nitrogens is 1. The second kappa shape index (κ2) is 3.09. The van der Waals surface area contributed by atoms with Gasteiger partial charge in [-0.3, -0.25) is 0 Å². The first-order valence-electron chi connectivity index (χ1n) is 4.55. The van der Waals surface area contributed by atoms with E-state index in [1.54, 1.807) is 22.7 Å². The number of aromatic nitrogens is 4. The van der Waals surface area contributed by atoms with Gasteiger partial charge in [0.05, 0.1) is 14.3 Å². The number of hydrogen-bond donors (Lipinski definition) is 1. The van der Waals surface area contributed by atoms with Gasteiger partial charge in [-0.05, 0) is 22.7 Å². The first-order chi connectivity index (χ1) is 7.92. The molecule has 16 heavy (non-hydrogen) atoms. The summed E-state index contributed by atoms with van der Waals surface area (Å²) in [4.78, 5) is 1.07. The fourth-order valence-corrected chi connectivity index (χ4v) is 5.34. The number of nitrogens with one attached hydrogen (secondary N) is 1. The Labute approximate surface area is 102 Å². The number of tetrazole rings is 1. The maximum absolute atomic E-state index is 4.00. The minimum atomic E-state index is 0.679. The molecular weight excluding hydrogens is 260 g/mol. The van der Waals surface area contributed by atoms with Gasteiger partial charge in [-0.15, -0.1) is 44.2 Å². The van der Waals surface area contributed by atoms with E-state index in [-0.39, 0.29) is 0 Å². The third-order valence-electron chi connectivity index (χ3n) is 2.32. The second-order valence-electron chi connectivity index (χ2n) is 3.26. The second-order valence-corrected chi connectivity index (χ2v) is 6.31. The van der Waals surface area contributed by atoms with Crippen molar-refractivity contribution >= 4 is 52.8 Å². The van der Waals surface area contributed by atoms with Gasteiger partial charge in [0.2, 0.25) is 5.82 Å². The molecule has 4 nitrogen and oxygen atoms in total. The molecule has 0 bridgehead atoms. The molecule has 0 aliphatic rings. The molecule has 0 spiro atoms. The van der Waals surface area contributed by atoms with Crippen LogP contribution in [0.4, 0.5) is 0 Å². The summed E-state index contributed by atoms with van der Waals surface area (Å²) in [5.74, 6) is 0.679. The minimum Gasteiger partial charge on any atom is -0.177 e. The largest absolute Gasteiger partial charge is 0.214 e. The first-order valence-corrected chi connectivity index (χ1v) is 7.06. The van der Waals surface area contributed by atoms with Crippen LogP contribution in [0.2, 0.25) is 0 Å². The average Bonchev–Trinajstić information content (AvgIpc) is 2.98. The number of thiophene rings is 3. The van der Waals surface area contributed by atoms with Crippen molar-refractivity contribution in [2.45, 2.75) is 0 Å². The Morgan fingerprint density at radius 3 is 3.00 bits per heavy atom. The van der Waals surface area contributed by atoms with E-state index < -0.39 is 0 Å². The molecule has 0 fully saturated rings. The zero-order valence-corrected chi connectivity index (χ0v) is 10.2. The number of aromatic amines is 1. The highest BCUT2D eigenvalue weighted by atomic mass is 32.1. The van der Waals surface area contributed by atoms with E-state index in [2.05, 4.69) is 38.1 Å². The van der Waals surface area contributed by atoms with E-state index >= 15 is 0 Å². The van der Waals surface area contributed by atoms with Gasteiger partial charge < -0.3 is 0 Å². The van der Waals surface area contributed by atoms with Gasteiger partial charge in [0.25, 0.3) is 0 Å². The lowest BCUT2D eigenvalue weighted by Crippen LogP contribution is -1.73. The Bertz CT molecular complexity index is 761. The van der Waals surface area contributed by atoms with Crippen LogP contribution in [-0.4, -0.2) is 20.6 Å². The van der Waals surface area contributed by atoms with Crippen LogP contribution in [0.5, 0.6) is 0 Å². The fraction of sp³-hybridized carbons (Fsp3) is 0. The number of hydrogen-bond acceptors (Lipinski definition) is 6. The van der Waals surface area contributed by atoms with E-state index in [0.717, 1.165) is 4.88 Å². The average molecular weight is 264 g/mol. The Kier molecular flexibility index (Phi) is 1.70. The molecule has 0 aliphatic carbocycles. The molecule has 78 valence electrons. The van der Waals surface area contributed by atoms with Gasteiger partial charge in [0.1, 0.15) is 0 Å². The highest BCUT2D eigenvalue weighted by molar-refractivity contribution is 7.38. The number of fused-ring (bicyclic) bond motifs is 3. The Balaban J connectivity index is 2.05. The summed E-state index contributed by atoms with van der Waals surface area (Å²) in [6, 6.07) is 4.31. The molecular formula is C9H4N4S3. The summed E-state index contributed by atoms with van der Waals surface area (Å²) >= 11 is 5.34. The van der Waals surface area contributed by atoms with Gasteiger partial charge in [-0.2, -0.15) is 5.21 Å². The molecule has 0 radical (unpaired) electrons. The third kappa shape index (κ3) is 1.10. The van der Waals surface area contributed by atoms with Crippen molar-refractivity contribution < 1.29 is 0 Å². The van der Waals surface area contributed by atoms with Gasteiger partial charge in [0.15, 0.2) is 0 Å². The van der Waals surface area contributed by atoms with E-state index in [1.807, 2.05) is 11.3 Å². The monoisotopic (exact) mass is 264 g/mol. The topological polar surface area (TPSA) is 54.5 Å². The van der Waals surface area contributed by atoms with Crippen molar-refractivity contribution in [3.63, 3.8) is 0 Å². The molecule has 0 amide bonds. The van der Waals surface area contributed by atoms with E-state index in [9.17, 15) is 0 Å².